The molecule has 0 aromatic heterocycles. The number of rotatable bonds is 4. The van der Waals surface area contributed by atoms with Gasteiger partial charge in [0, 0.05) is 6.04 Å². The Morgan fingerprint density at radius 1 is 1.19 bits per heavy atom. The largest absolute Gasteiger partial charge is 0.393 e. The van der Waals surface area contributed by atoms with Crippen LogP contribution in [0.25, 0.3) is 0 Å². The van der Waals surface area contributed by atoms with E-state index in [0.717, 1.165) is 6.42 Å². The molecule has 0 radical (unpaired) electrons. The molecule has 0 bridgehead atoms. The topological polar surface area (TPSA) is 86.7 Å². The molecule has 1 saturated carbocycles. The molecular formula is C15H24N2O4. The smallest absolute Gasteiger partial charge is 0.331 e. The summed E-state index contributed by atoms with van der Waals surface area (Å²) in [6.45, 7) is 4.08. The number of nitrogens with zero attached hydrogens (tertiary/aromatic N) is 1. The number of aliphatic hydroxyl groups excluding tert-OH is 1. The number of hydrogen-bond acceptors (Lipinski definition) is 4. The zero-order valence-corrected chi connectivity index (χ0v) is 12.7. The van der Waals surface area contributed by atoms with Gasteiger partial charge in [0.05, 0.1) is 6.10 Å². The summed E-state index contributed by atoms with van der Waals surface area (Å²) in [6.07, 6.45) is 3.29. The van der Waals surface area contributed by atoms with E-state index in [0.29, 0.717) is 38.0 Å². The van der Waals surface area contributed by atoms with Gasteiger partial charge in [-0.25, -0.2) is 4.79 Å². The van der Waals surface area contributed by atoms with Crippen molar-refractivity contribution in [2.75, 3.05) is 0 Å². The number of carbonyl (C=O) groups is 3. The van der Waals surface area contributed by atoms with E-state index in [2.05, 4.69) is 5.32 Å². The molecular weight excluding hydrogens is 272 g/mol. The van der Waals surface area contributed by atoms with Gasteiger partial charge in [0.15, 0.2) is 0 Å². The first-order valence-electron chi connectivity index (χ1n) is 7.76. The van der Waals surface area contributed by atoms with Gasteiger partial charge in [-0.1, -0.05) is 13.8 Å². The zero-order chi connectivity index (χ0) is 15.6. The highest BCUT2D eigenvalue weighted by Gasteiger charge is 2.43. The van der Waals surface area contributed by atoms with Crippen LogP contribution in [0.2, 0.25) is 0 Å². The molecule has 1 heterocycles. The molecule has 0 aromatic rings. The Kier molecular flexibility index (Phi) is 4.98. The second kappa shape index (κ2) is 6.56. The third-order valence-electron chi connectivity index (χ3n) is 4.37. The van der Waals surface area contributed by atoms with Crippen LogP contribution in [-0.4, -0.2) is 40.0 Å². The monoisotopic (exact) mass is 296 g/mol. The van der Waals surface area contributed by atoms with Gasteiger partial charge in [0.1, 0.15) is 5.92 Å². The molecule has 1 atom stereocenters. The third-order valence-corrected chi connectivity index (χ3v) is 4.37. The lowest BCUT2D eigenvalue weighted by Crippen LogP contribution is -2.61. The molecule has 1 aliphatic heterocycles. The first-order valence-corrected chi connectivity index (χ1v) is 7.76. The molecule has 2 N–H and O–H groups in total. The lowest BCUT2D eigenvalue weighted by Gasteiger charge is -2.38. The van der Waals surface area contributed by atoms with Gasteiger partial charge in [-0.3, -0.25) is 19.8 Å². The van der Waals surface area contributed by atoms with Crippen molar-refractivity contribution in [3.8, 4) is 0 Å². The number of imide groups is 2. The van der Waals surface area contributed by atoms with Crippen molar-refractivity contribution < 1.29 is 19.5 Å². The molecule has 4 amide bonds. The number of nitrogens with one attached hydrogen (secondary N) is 1. The maximum absolute atomic E-state index is 12.5. The highest BCUT2D eigenvalue weighted by atomic mass is 16.3. The predicted molar refractivity (Wildman–Crippen MR) is 76.2 cm³/mol. The Bertz CT molecular complexity index is 427. The normalized spacial score (nSPS) is 30.8. The summed E-state index contributed by atoms with van der Waals surface area (Å²) in [6, 6.07) is -0.803. The molecule has 1 aliphatic carbocycles. The van der Waals surface area contributed by atoms with E-state index >= 15 is 0 Å². The minimum atomic E-state index is -0.753. The van der Waals surface area contributed by atoms with Crippen molar-refractivity contribution in [2.24, 2.45) is 11.8 Å². The van der Waals surface area contributed by atoms with E-state index in [-0.39, 0.29) is 18.1 Å². The highest BCUT2D eigenvalue weighted by Crippen LogP contribution is 2.27. The Hall–Kier alpha value is -1.43. The third kappa shape index (κ3) is 3.61. The molecule has 2 rings (SSSR count). The van der Waals surface area contributed by atoms with Crippen LogP contribution in [0, 0.1) is 11.8 Å². The summed E-state index contributed by atoms with van der Waals surface area (Å²) >= 11 is 0. The Morgan fingerprint density at radius 2 is 1.81 bits per heavy atom. The fraction of sp³-hybridized carbons (Fsp3) is 0.800. The van der Waals surface area contributed by atoms with Gasteiger partial charge in [0.2, 0.25) is 11.8 Å². The molecule has 21 heavy (non-hydrogen) atoms. The van der Waals surface area contributed by atoms with Crippen molar-refractivity contribution in [1.82, 2.24) is 10.2 Å². The average Bonchev–Trinajstić information content (AvgIpc) is 2.40. The molecule has 1 unspecified atom stereocenters. The van der Waals surface area contributed by atoms with E-state index in [9.17, 15) is 19.5 Å². The van der Waals surface area contributed by atoms with Crippen LogP contribution in [0.15, 0.2) is 0 Å². The maximum atomic E-state index is 12.5. The number of amides is 4. The van der Waals surface area contributed by atoms with Crippen LogP contribution in [0.5, 0.6) is 0 Å². The number of hydrogen-bond donors (Lipinski definition) is 2. The molecule has 6 nitrogen and oxygen atoms in total. The highest BCUT2D eigenvalue weighted by molar-refractivity contribution is 6.16. The van der Waals surface area contributed by atoms with E-state index in [1.165, 1.54) is 4.90 Å². The minimum absolute atomic E-state index is 0.199. The van der Waals surface area contributed by atoms with E-state index < -0.39 is 17.9 Å². The van der Waals surface area contributed by atoms with Crippen LogP contribution in [0.1, 0.15) is 52.4 Å². The number of barbiturate groups is 1. The Labute approximate surface area is 124 Å². The van der Waals surface area contributed by atoms with E-state index in [1.54, 1.807) is 0 Å². The summed E-state index contributed by atoms with van der Waals surface area (Å²) in [7, 11) is 0. The van der Waals surface area contributed by atoms with Crippen LogP contribution < -0.4 is 5.32 Å². The summed E-state index contributed by atoms with van der Waals surface area (Å²) in [4.78, 5) is 37.6. The van der Waals surface area contributed by atoms with Crippen molar-refractivity contribution in [2.45, 2.75) is 64.5 Å². The van der Waals surface area contributed by atoms with Gasteiger partial charge in [-0.2, -0.15) is 0 Å². The second-order valence-corrected chi connectivity index (χ2v) is 6.49. The quantitative estimate of drug-likeness (QED) is 0.768. The molecule has 1 saturated heterocycles. The van der Waals surface area contributed by atoms with Crippen molar-refractivity contribution in [3.05, 3.63) is 0 Å². The molecule has 6 heteroatoms. The lowest BCUT2D eigenvalue weighted by molar-refractivity contribution is -0.145. The molecule has 0 spiro atoms. The van der Waals surface area contributed by atoms with Crippen LogP contribution in [-0.2, 0) is 9.59 Å². The van der Waals surface area contributed by atoms with Crippen molar-refractivity contribution in [1.29, 1.82) is 0 Å². The number of carbonyl (C=O) groups excluding carboxylic acids is 3. The summed E-state index contributed by atoms with van der Waals surface area (Å²) in [5.74, 6) is -1.19. The SMILES string of the molecule is CC(C)CCC1C(=O)NC(=O)N(C2CCC(O)CC2)C1=O. The zero-order valence-electron chi connectivity index (χ0n) is 12.7. The standard InChI is InChI=1S/C15H24N2O4/c1-9(2)3-8-12-13(19)16-15(21)17(14(12)20)10-4-6-11(18)7-5-10/h9-12,18H,3-8H2,1-2H3,(H,16,19,21). The van der Waals surface area contributed by atoms with Crippen LogP contribution >= 0.6 is 0 Å². The lowest BCUT2D eigenvalue weighted by atomic mass is 9.89. The Morgan fingerprint density at radius 3 is 2.38 bits per heavy atom. The predicted octanol–water partition coefficient (Wildman–Crippen LogP) is 1.42. The fourth-order valence-corrected chi connectivity index (χ4v) is 3.05. The van der Waals surface area contributed by atoms with Gasteiger partial charge in [0.25, 0.3) is 0 Å². The number of aliphatic hydroxyl groups is 1. The first-order chi connectivity index (χ1) is 9.90. The first kappa shape index (κ1) is 15.9. The Balaban J connectivity index is 2.07. The average molecular weight is 296 g/mol. The molecule has 2 fully saturated rings. The fourth-order valence-electron chi connectivity index (χ4n) is 3.05. The van der Waals surface area contributed by atoms with Gasteiger partial charge < -0.3 is 5.11 Å². The molecule has 2 aliphatic rings. The van der Waals surface area contributed by atoms with Gasteiger partial charge in [-0.05, 0) is 44.4 Å². The molecule has 0 aromatic carbocycles. The summed E-state index contributed by atoms with van der Waals surface area (Å²) in [5.41, 5.74) is 0. The van der Waals surface area contributed by atoms with Crippen molar-refractivity contribution in [3.63, 3.8) is 0 Å². The van der Waals surface area contributed by atoms with Crippen LogP contribution in [0.4, 0.5) is 4.79 Å². The number of urea groups is 1. The van der Waals surface area contributed by atoms with Gasteiger partial charge >= 0.3 is 6.03 Å². The summed E-state index contributed by atoms with van der Waals surface area (Å²) < 4.78 is 0. The van der Waals surface area contributed by atoms with Crippen LogP contribution in [0.3, 0.4) is 0 Å². The van der Waals surface area contributed by atoms with Gasteiger partial charge in [-0.15, -0.1) is 0 Å². The second-order valence-electron chi connectivity index (χ2n) is 6.49. The van der Waals surface area contributed by atoms with Crippen molar-refractivity contribution >= 4 is 17.8 Å². The molecule has 118 valence electrons. The van der Waals surface area contributed by atoms with E-state index in [1.807, 2.05) is 13.8 Å². The minimum Gasteiger partial charge on any atom is -0.393 e. The summed E-state index contributed by atoms with van der Waals surface area (Å²) in [5, 5.41) is 11.8. The van der Waals surface area contributed by atoms with E-state index in [4.69, 9.17) is 0 Å². The maximum Gasteiger partial charge on any atom is 0.331 e.